The number of hydrogen-bond donors (Lipinski definition) is 2. The minimum atomic E-state index is -0.118. The molecule has 0 radical (unpaired) electrons. The molecule has 0 bridgehead atoms. The topological polar surface area (TPSA) is 76.1 Å². The second-order valence-electron chi connectivity index (χ2n) is 5.91. The van der Waals surface area contributed by atoms with E-state index >= 15 is 0 Å². The first-order chi connectivity index (χ1) is 13.0. The van der Waals surface area contributed by atoms with Crippen LogP contribution in [0.25, 0.3) is 0 Å². The summed E-state index contributed by atoms with van der Waals surface area (Å²) in [6.07, 6.45) is 0. The summed E-state index contributed by atoms with van der Waals surface area (Å²) in [5.74, 6) is 0.766. The lowest BCUT2D eigenvalue weighted by atomic mass is 10.2. The lowest BCUT2D eigenvalue weighted by molar-refractivity contribution is -0.113. The Bertz CT molecular complexity index is 943. The van der Waals surface area contributed by atoms with E-state index < -0.39 is 0 Å². The number of anilines is 3. The van der Waals surface area contributed by atoms with Gasteiger partial charge in [0.1, 0.15) is 5.75 Å². The summed E-state index contributed by atoms with van der Waals surface area (Å²) in [6, 6.07) is 13.7. The molecule has 1 amide bonds. The van der Waals surface area contributed by atoms with Crippen LogP contribution in [0.15, 0.2) is 46.8 Å². The summed E-state index contributed by atoms with van der Waals surface area (Å²) < 4.78 is 6.02. The van der Waals surface area contributed by atoms with Crippen LogP contribution in [0.1, 0.15) is 11.1 Å². The molecular weight excluding hydrogens is 380 g/mol. The number of amides is 1. The molecule has 0 fully saturated rings. The Labute approximate surface area is 166 Å². The summed E-state index contributed by atoms with van der Waals surface area (Å²) in [5, 5.41) is 15.1. The molecule has 3 aromatic rings. The van der Waals surface area contributed by atoms with Crippen molar-refractivity contribution in [2.45, 2.75) is 18.2 Å². The largest absolute Gasteiger partial charge is 0.495 e. The Hall–Kier alpha value is -2.58. The molecule has 0 saturated carbocycles. The number of aryl methyl sites for hydroxylation is 2. The van der Waals surface area contributed by atoms with E-state index in [-0.39, 0.29) is 11.7 Å². The molecule has 8 heteroatoms. The number of carbonyl (C=O) groups excluding carboxylic acids is 1. The first-order valence-corrected chi connectivity index (χ1v) is 10.1. The Balaban J connectivity index is 1.55. The number of methoxy groups -OCH3 is 1. The van der Waals surface area contributed by atoms with Crippen molar-refractivity contribution in [3.63, 3.8) is 0 Å². The van der Waals surface area contributed by atoms with Gasteiger partial charge in [0.2, 0.25) is 11.0 Å². The quantitative estimate of drug-likeness (QED) is 0.563. The standard InChI is InChI=1S/C19H20N4O2S2/c1-12-5-4-6-14(9-12)20-18-22-23-19(27-18)26-11-17(24)21-15-10-13(2)7-8-16(15)25-3/h4-10H,11H2,1-3H3,(H,20,22)(H,21,24). The highest BCUT2D eigenvalue weighted by Crippen LogP contribution is 2.29. The predicted molar refractivity (Wildman–Crippen MR) is 111 cm³/mol. The minimum absolute atomic E-state index is 0.118. The third-order valence-electron chi connectivity index (χ3n) is 3.63. The third-order valence-corrected chi connectivity index (χ3v) is 5.60. The average molecular weight is 401 g/mol. The van der Waals surface area contributed by atoms with Gasteiger partial charge >= 0.3 is 0 Å². The van der Waals surface area contributed by atoms with Gasteiger partial charge in [-0.3, -0.25) is 4.79 Å². The molecule has 2 aromatic carbocycles. The molecule has 0 aliphatic rings. The maximum absolute atomic E-state index is 12.3. The first kappa shape index (κ1) is 19.2. The van der Waals surface area contributed by atoms with Crippen molar-refractivity contribution in [2.24, 2.45) is 0 Å². The highest BCUT2D eigenvalue weighted by Gasteiger charge is 2.11. The van der Waals surface area contributed by atoms with Crippen molar-refractivity contribution in [1.29, 1.82) is 0 Å². The van der Waals surface area contributed by atoms with E-state index in [4.69, 9.17) is 4.74 Å². The van der Waals surface area contributed by atoms with Crippen molar-refractivity contribution in [3.8, 4) is 5.75 Å². The van der Waals surface area contributed by atoms with Gasteiger partial charge in [-0.25, -0.2) is 0 Å². The second kappa shape index (κ2) is 8.88. The van der Waals surface area contributed by atoms with Crippen LogP contribution in [0.4, 0.5) is 16.5 Å². The molecule has 0 unspecified atom stereocenters. The SMILES string of the molecule is COc1ccc(C)cc1NC(=O)CSc1nnc(Nc2cccc(C)c2)s1. The zero-order valence-corrected chi connectivity index (χ0v) is 16.9. The summed E-state index contributed by atoms with van der Waals surface area (Å²) in [5.41, 5.74) is 3.85. The van der Waals surface area contributed by atoms with Crippen LogP contribution in [-0.4, -0.2) is 29.0 Å². The Morgan fingerprint density at radius 1 is 1.15 bits per heavy atom. The van der Waals surface area contributed by atoms with E-state index in [2.05, 4.69) is 20.8 Å². The van der Waals surface area contributed by atoms with Gasteiger partial charge in [0.15, 0.2) is 4.34 Å². The first-order valence-electron chi connectivity index (χ1n) is 8.28. The van der Waals surface area contributed by atoms with E-state index in [9.17, 15) is 4.79 Å². The fourth-order valence-corrected chi connectivity index (χ4v) is 3.97. The van der Waals surface area contributed by atoms with Gasteiger partial charge in [-0.05, 0) is 49.2 Å². The van der Waals surface area contributed by atoms with Crippen LogP contribution in [0.5, 0.6) is 5.75 Å². The number of hydrogen-bond acceptors (Lipinski definition) is 7. The van der Waals surface area contributed by atoms with Crippen LogP contribution in [0, 0.1) is 13.8 Å². The Morgan fingerprint density at radius 2 is 1.96 bits per heavy atom. The zero-order chi connectivity index (χ0) is 19.2. The van der Waals surface area contributed by atoms with E-state index in [1.165, 1.54) is 28.7 Å². The summed E-state index contributed by atoms with van der Waals surface area (Å²) in [6.45, 7) is 4.00. The van der Waals surface area contributed by atoms with E-state index in [0.29, 0.717) is 16.6 Å². The predicted octanol–water partition coefficient (Wildman–Crippen LogP) is 4.64. The Morgan fingerprint density at radius 3 is 2.74 bits per heavy atom. The lowest BCUT2D eigenvalue weighted by Crippen LogP contribution is -2.14. The van der Waals surface area contributed by atoms with E-state index in [1.807, 2.05) is 56.3 Å². The minimum Gasteiger partial charge on any atom is -0.495 e. The van der Waals surface area contributed by atoms with Gasteiger partial charge in [-0.15, -0.1) is 10.2 Å². The van der Waals surface area contributed by atoms with Crippen molar-refractivity contribution < 1.29 is 9.53 Å². The van der Waals surface area contributed by atoms with Gasteiger partial charge < -0.3 is 15.4 Å². The molecule has 0 aliphatic heterocycles. The van der Waals surface area contributed by atoms with E-state index in [0.717, 1.165) is 15.6 Å². The number of rotatable bonds is 7. The number of thioether (sulfide) groups is 1. The molecule has 0 spiro atoms. The normalized spacial score (nSPS) is 10.5. The monoisotopic (exact) mass is 400 g/mol. The molecule has 0 atom stereocenters. The van der Waals surface area contributed by atoms with Gasteiger partial charge in [-0.2, -0.15) is 0 Å². The fourth-order valence-electron chi connectivity index (χ4n) is 2.40. The molecule has 0 saturated heterocycles. The number of carbonyl (C=O) groups is 1. The van der Waals surface area contributed by atoms with Crippen molar-refractivity contribution in [1.82, 2.24) is 10.2 Å². The van der Waals surface area contributed by atoms with Crippen molar-refractivity contribution in [3.05, 3.63) is 53.6 Å². The number of nitrogens with one attached hydrogen (secondary N) is 2. The molecule has 3 rings (SSSR count). The van der Waals surface area contributed by atoms with Crippen LogP contribution in [0.3, 0.4) is 0 Å². The summed E-state index contributed by atoms with van der Waals surface area (Å²) in [4.78, 5) is 12.3. The van der Waals surface area contributed by atoms with Crippen LogP contribution in [0.2, 0.25) is 0 Å². The van der Waals surface area contributed by atoms with Gasteiger partial charge in [-0.1, -0.05) is 41.3 Å². The molecule has 27 heavy (non-hydrogen) atoms. The number of benzene rings is 2. The van der Waals surface area contributed by atoms with Gasteiger partial charge in [0.05, 0.1) is 18.6 Å². The fraction of sp³-hybridized carbons (Fsp3) is 0.211. The Kier molecular flexibility index (Phi) is 6.31. The maximum Gasteiger partial charge on any atom is 0.234 e. The molecule has 140 valence electrons. The number of aromatic nitrogens is 2. The molecule has 1 heterocycles. The van der Waals surface area contributed by atoms with Crippen molar-refractivity contribution in [2.75, 3.05) is 23.5 Å². The highest BCUT2D eigenvalue weighted by atomic mass is 32.2. The smallest absolute Gasteiger partial charge is 0.234 e. The van der Waals surface area contributed by atoms with Crippen molar-refractivity contribution >= 4 is 45.5 Å². The summed E-state index contributed by atoms with van der Waals surface area (Å²) in [7, 11) is 1.58. The lowest BCUT2D eigenvalue weighted by Gasteiger charge is -2.10. The second-order valence-corrected chi connectivity index (χ2v) is 8.11. The molecular formula is C19H20N4O2S2. The zero-order valence-electron chi connectivity index (χ0n) is 15.3. The molecule has 2 N–H and O–H groups in total. The molecule has 0 aliphatic carbocycles. The third kappa shape index (κ3) is 5.45. The number of ether oxygens (including phenoxy) is 1. The summed E-state index contributed by atoms with van der Waals surface area (Å²) >= 11 is 2.77. The molecule has 6 nitrogen and oxygen atoms in total. The van der Waals surface area contributed by atoms with Crippen LogP contribution < -0.4 is 15.4 Å². The van der Waals surface area contributed by atoms with Gasteiger partial charge in [0.25, 0.3) is 0 Å². The van der Waals surface area contributed by atoms with E-state index in [1.54, 1.807) is 7.11 Å². The van der Waals surface area contributed by atoms with Crippen LogP contribution in [-0.2, 0) is 4.79 Å². The number of nitrogens with zero attached hydrogens (tertiary/aromatic N) is 2. The van der Waals surface area contributed by atoms with Crippen LogP contribution >= 0.6 is 23.1 Å². The maximum atomic E-state index is 12.3. The highest BCUT2D eigenvalue weighted by molar-refractivity contribution is 8.01. The average Bonchev–Trinajstić information content (AvgIpc) is 3.08. The molecule has 1 aromatic heterocycles. The van der Waals surface area contributed by atoms with Gasteiger partial charge in [0, 0.05) is 5.69 Å².